The molecule has 0 bridgehead atoms. The second-order valence-corrected chi connectivity index (χ2v) is 3.72. The Morgan fingerprint density at radius 3 is 2.60 bits per heavy atom. The van der Waals surface area contributed by atoms with E-state index in [1.165, 1.54) is 7.11 Å². The molecule has 80 valence electrons. The molecule has 1 rings (SSSR count). The predicted molar refractivity (Wildman–Crippen MR) is 57.0 cm³/mol. The highest BCUT2D eigenvalue weighted by molar-refractivity contribution is 9.10. The Morgan fingerprint density at radius 2 is 2.13 bits per heavy atom. The largest absolute Gasteiger partial charge is 0.497 e. The molecule has 1 N–H and O–H groups in total. The molecule has 0 aromatic heterocycles. The molecule has 0 aliphatic rings. The maximum atomic E-state index is 11.0. The highest BCUT2D eigenvalue weighted by Crippen LogP contribution is 2.23. The lowest BCUT2D eigenvalue weighted by atomic mass is 10.1. The van der Waals surface area contributed by atoms with Crippen molar-refractivity contribution in [1.82, 2.24) is 0 Å². The van der Waals surface area contributed by atoms with Crippen molar-refractivity contribution < 1.29 is 19.4 Å². The summed E-state index contributed by atoms with van der Waals surface area (Å²) in [6, 6.07) is 5.02. The first-order valence-corrected chi connectivity index (χ1v) is 4.92. The van der Waals surface area contributed by atoms with E-state index in [9.17, 15) is 9.59 Å². The Labute approximate surface area is 95.0 Å². The van der Waals surface area contributed by atoms with Crippen LogP contribution in [0.1, 0.15) is 5.56 Å². The van der Waals surface area contributed by atoms with Crippen LogP contribution in [0.3, 0.4) is 0 Å². The monoisotopic (exact) mass is 272 g/mol. The minimum atomic E-state index is -1.42. The standard InChI is InChI=1S/C10H9BrO4/c1-15-7-3-2-6(8(11)5-7)4-9(12)10(13)14/h2-3,5H,4H2,1H3,(H,13,14). The second-order valence-electron chi connectivity index (χ2n) is 2.86. The molecule has 0 amide bonds. The highest BCUT2D eigenvalue weighted by Gasteiger charge is 2.14. The van der Waals surface area contributed by atoms with Crippen molar-refractivity contribution in [2.45, 2.75) is 6.42 Å². The van der Waals surface area contributed by atoms with Crippen LogP contribution in [0, 0.1) is 0 Å². The van der Waals surface area contributed by atoms with Gasteiger partial charge >= 0.3 is 5.97 Å². The smallest absolute Gasteiger partial charge is 0.372 e. The molecule has 0 fully saturated rings. The molecule has 0 radical (unpaired) electrons. The second kappa shape index (κ2) is 4.93. The van der Waals surface area contributed by atoms with E-state index >= 15 is 0 Å². The van der Waals surface area contributed by atoms with E-state index in [1.54, 1.807) is 18.2 Å². The topological polar surface area (TPSA) is 63.6 Å². The fourth-order valence-electron chi connectivity index (χ4n) is 1.05. The van der Waals surface area contributed by atoms with Crippen molar-refractivity contribution in [1.29, 1.82) is 0 Å². The molecule has 0 aliphatic carbocycles. The summed E-state index contributed by atoms with van der Waals surface area (Å²) >= 11 is 3.24. The van der Waals surface area contributed by atoms with Crippen molar-refractivity contribution in [3.63, 3.8) is 0 Å². The van der Waals surface area contributed by atoms with Crippen LogP contribution in [0.2, 0.25) is 0 Å². The quantitative estimate of drug-likeness (QED) is 0.847. The van der Waals surface area contributed by atoms with Crippen molar-refractivity contribution in [3.8, 4) is 5.75 Å². The van der Waals surface area contributed by atoms with Gasteiger partial charge in [0.05, 0.1) is 7.11 Å². The Balaban J connectivity index is 2.87. The van der Waals surface area contributed by atoms with E-state index in [-0.39, 0.29) is 6.42 Å². The van der Waals surface area contributed by atoms with E-state index in [2.05, 4.69) is 15.9 Å². The van der Waals surface area contributed by atoms with Crippen molar-refractivity contribution in [2.24, 2.45) is 0 Å². The van der Waals surface area contributed by atoms with Crippen LogP contribution in [-0.4, -0.2) is 24.0 Å². The minimum absolute atomic E-state index is 0.125. The van der Waals surface area contributed by atoms with Gasteiger partial charge in [-0.15, -0.1) is 0 Å². The summed E-state index contributed by atoms with van der Waals surface area (Å²) in [6.45, 7) is 0. The van der Waals surface area contributed by atoms with Crippen LogP contribution in [-0.2, 0) is 16.0 Å². The Bertz CT molecular complexity index is 400. The van der Waals surface area contributed by atoms with Crippen molar-refractivity contribution in [2.75, 3.05) is 7.11 Å². The van der Waals surface area contributed by atoms with Crippen LogP contribution >= 0.6 is 15.9 Å². The number of aliphatic carboxylic acids is 1. The molecular weight excluding hydrogens is 264 g/mol. The molecule has 5 heteroatoms. The highest BCUT2D eigenvalue weighted by atomic mass is 79.9. The number of carbonyl (C=O) groups is 2. The lowest BCUT2D eigenvalue weighted by Gasteiger charge is -2.04. The molecule has 4 nitrogen and oxygen atoms in total. The van der Waals surface area contributed by atoms with E-state index in [4.69, 9.17) is 9.84 Å². The Morgan fingerprint density at radius 1 is 1.47 bits per heavy atom. The number of hydrogen-bond acceptors (Lipinski definition) is 3. The third-order valence-electron chi connectivity index (χ3n) is 1.85. The number of benzene rings is 1. The van der Waals surface area contributed by atoms with Crippen molar-refractivity contribution in [3.05, 3.63) is 28.2 Å². The van der Waals surface area contributed by atoms with Gasteiger partial charge in [0.1, 0.15) is 5.75 Å². The van der Waals surface area contributed by atoms with Gasteiger partial charge in [-0.3, -0.25) is 4.79 Å². The summed E-state index contributed by atoms with van der Waals surface area (Å²) in [5.74, 6) is -1.60. The van der Waals surface area contributed by atoms with Crippen LogP contribution in [0.4, 0.5) is 0 Å². The summed E-state index contributed by atoms with van der Waals surface area (Å²) in [5, 5.41) is 8.45. The number of methoxy groups -OCH3 is 1. The third-order valence-corrected chi connectivity index (χ3v) is 2.59. The lowest BCUT2D eigenvalue weighted by molar-refractivity contribution is -0.148. The van der Waals surface area contributed by atoms with E-state index in [1.807, 2.05) is 0 Å². The molecule has 0 spiro atoms. The molecular formula is C10H9BrO4. The van der Waals surface area contributed by atoms with Gasteiger partial charge < -0.3 is 9.84 Å². The molecule has 0 saturated heterocycles. The third kappa shape index (κ3) is 3.06. The zero-order valence-electron chi connectivity index (χ0n) is 7.99. The van der Waals surface area contributed by atoms with Gasteiger partial charge in [0.15, 0.2) is 0 Å². The molecule has 0 heterocycles. The molecule has 1 aromatic rings. The number of ether oxygens (including phenoxy) is 1. The number of hydrogen-bond donors (Lipinski definition) is 1. The summed E-state index contributed by atoms with van der Waals surface area (Å²) in [7, 11) is 1.53. The number of rotatable bonds is 4. The SMILES string of the molecule is COc1ccc(CC(=O)C(=O)O)c(Br)c1. The van der Waals surface area contributed by atoms with Crippen LogP contribution in [0.15, 0.2) is 22.7 Å². The number of carboxylic acids is 1. The van der Waals surface area contributed by atoms with E-state index in [0.717, 1.165) is 0 Å². The van der Waals surface area contributed by atoms with Gasteiger partial charge in [-0.25, -0.2) is 4.79 Å². The lowest BCUT2D eigenvalue weighted by Crippen LogP contribution is -2.15. The average molecular weight is 273 g/mol. The van der Waals surface area contributed by atoms with Gasteiger partial charge in [-0.1, -0.05) is 22.0 Å². The summed E-state index contributed by atoms with van der Waals surface area (Å²) < 4.78 is 5.63. The fraction of sp³-hybridized carbons (Fsp3) is 0.200. The molecule has 0 saturated carbocycles. The molecule has 15 heavy (non-hydrogen) atoms. The van der Waals surface area contributed by atoms with Gasteiger partial charge in [0, 0.05) is 10.9 Å². The Hall–Kier alpha value is -1.36. The fourth-order valence-corrected chi connectivity index (χ4v) is 1.54. The number of ketones is 1. The van der Waals surface area contributed by atoms with Gasteiger partial charge in [-0.2, -0.15) is 0 Å². The number of carboxylic acid groups (broad SMARTS) is 1. The van der Waals surface area contributed by atoms with E-state index in [0.29, 0.717) is 15.8 Å². The summed E-state index contributed by atoms with van der Waals surface area (Å²) in [6.07, 6.45) is -0.125. The maximum Gasteiger partial charge on any atom is 0.372 e. The normalized spacial score (nSPS) is 9.73. The molecule has 0 aliphatic heterocycles. The van der Waals surface area contributed by atoms with Gasteiger partial charge in [0.25, 0.3) is 0 Å². The number of halogens is 1. The molecule has 0 atom stereocenters. The van der Waals surface area contributed by atoms with Crippen molar-refractivity contribution >= 4 is 27.7 Å². The molecule has 1 aromatic carbocycles. The zero-order valence-corrected chi connectivity index (χ0v) is 9.58. The summed E-state index contributed by atoms with van der Waals surface area (Å²) in [5.41, 5.74) is 0.628. The van der Waals surface area contributed by atoms with Gasteiger partial charge in [-0.05, 0) is 17.7 Å². The minimum Gasteiger partial charge on any atom is -0.497 e. The first kappa shape index (κ1) is 11.7. The average Bonchev–Trinajstić information content (AvgIpc) is 2.20. The predicted octanol–water partition coefficient (Wildman–Crippen LogP) is 1.65. The van der Waals surface area contributed by atoms with Crippen LogP contribution < -0.4 is 4.74 Å². The summed E-state index contributed by atoms with van der Waals surface area (Å²) in [4.78, 5) is 21.3. The Kier molecular flexibility index (Phi) is 3.85. The van der Waals surface area contributed by atoms with Crippen LogP contribution in [0.25, 0.3) is 0 Å². The first-order chi connectivity index (χ1) is 7.04. The maximum absolute atomic E-state index is 11.0. The number of carbonyl (C=O) groups excluding carboxylic acids is 1. The zero-order chi connectivity index (χ0) is 11.4. The van der Waals surface area contributed by atoms with Crippen LogP contribution in [0.5, 0.6) is 5.75 Å². The number of Topliss-reactive ketones (excluding diaryl/α,β-unsaturated/α-hetero) is 1. The molecule has 0 unspecified atom stereocenters. The first-order valence-electron chi connectivity index (χ1n) is 4.13. The van der Waals surface area contributed by atoms with E-state index < -0.39 is 11.8 Å². The van der Waals surface area contributed by atoms with Gasteiger partial charge in [0.2, 0.25) is 5.78 Å².